The van der Waals surface area contributed by atoms with Crippen molar-refractivity contribution in [1.29, 1.82) is 0 Å². The van der Waals surface area contributed by atoms with Gasteiger partial charge in [-0.3, -0.25) is 0 Å². The molecule has 0 radical (unpaired) electrons. The minimum atomic E-state index is -1.34. The standard InChI is InChI=1S/C26H32ClFN8O2/c1-26(2,37)15-7-17(28)16(27)8-19(15)32-24-30-13-31-25(34-24)33-20-9-18(29)21(10-23(20)38-4)36-6-5-14-11-35(3)12-22(14)36/h7-10,13-14,22,37H,5-6,11-12,29H2,1-4H3,(H2,30,31,32,33,34)/t14?,22-/m0/s1. The number of nitrogens with zero attached hydrogens (tertiary/aromatic N) is 5. The Balaban J connectivity index is 1.40. The Morgan fingerprint density at radius 2 is 1.84 bits per heavy atom. The third-order valence-electron chi connectivity index (χ3n) is 7.17. The molecule has 0 amide bonds. The fraction of sp³-hybridized carbons (Fsp3) is 0.423. The third-order valence-corrected chi connectivity index (χ3v) is 7.46. The Hall–Kier alpha value is -3.41. The maximum absolute atomic E-state index is 14.1. The molecular formula is C26H32ClFN8O2. The Morgan fingerprint density at radius 3 is 2.53 bits per heavy atom. The highest BCUT2D eigenvalue weighted by Gasteiger charge is 2.40. The van der Waals surface area contributed by atoms with Crippen LogP contribution in [0.15, 0.2) is 30.6 Å². The molecule has 2 saturated heterocycles. The molecular weight excluding hydrogens is 511 g/mol. The molecule has 2 aromatic carbocycles. The molecule has 5 rings (SSSR count). The van der Waals surface area contributed by atoms with E-state index >= 15 is 0 Å². The SMILES string of the molecule is COc1cc(N2CCC3CN(C)C[C@@H]32)c(N)cc1Nc1ncnc(Nc2cc(Cl)c(F)cc2C(C)(C)O)n1. The number of hydrogen-bond donors (Lipinski definition) is 4. The summed E-state index contributed by atoms with van der Waals surface area (Å²) in [6, 6.07) is 6.79. The first-order valence-electron chi connectivity index (χ1n) is 12.4. The van der Waals surface area contributed by atoms with Gasteiger partial charge >= 0.3 is 0 Å². The van der Waals surface area contributed by atoms with E-state index in [0.29, 0.717) is 40.3 Å². The highest BCUT2D eigenvalue weighted by atomic mass is 35.5. The van der Waals surface area contributed by atoms with E-state index in [-0.39, 0.29) is 16.9 Å². The minimum absolute atomic E-state index is 0.0956. The normalized spacial score (nSPS) is 19.5. The van der Waals surface area contributed by atoms with Crippen molar-refractivity contribution in [2.45, 2.75) is 31.9 Å². The molecule has 38 heavy (non-hydrogen) atoms. The molecule has 3 heterocycles. The summed E-state index contributed by atoms with van der Waals surface area (Å²) in [7, 11) is 3.76. The van der Waals surface area contributed by atoms with E-state index in [1.165, 1.54) is 18.5 Å². The van der Waals surface area contributed by atoms with Crippen molar-refractivity contribution in [3.63, 3.8) is 0 Å². The van der Waals surface area contributed by atoms with Gasteiger partial charge in [0.15, 0.2) is 0 Å². The lowest BCUT2D eigenvalue weighted by Crippen LogP contribution is -2.35. The van der Waals surface area contributed by atoms with Crippen LogP contribution < -0.4 is 26.0 Å². The minimum Gasteiger partial charge on any atom is -0.494 e. The molecule has 0 bridgehead atoms. The zero-order valence-corrected chi connectivity index (χ0v) is 22.6. The zero-order valence-electron chi connectivity index (χ0n) is 21.8. The van der Waals surface area contributed by atoms with Crippen LogP contribution >= 0.6 is 11.6 Å². The summed E-state index contributed by atoms with van der Waals surface area (Å²) in [5.41, 5.74) is 8.06. The van der Waals surface area contributed by atoms with E-state index in [2.05, 4.69) is 42.4 Å². The van der Waals surface area contributed by atoms with Crippen molar-refractivity contribution in [1.82, 2.24) is 19.9 Å². The number of anilines is 6. The van der Waals surface area contributed by atoms with Crippen LogP contribution in [0.2, 0.25) is 5.02 Å². The second-order valence-electron chi connectivity index (χ2n) is 10.4. The average Bonchev–Trinajstić information content (AvgIpc) is 3.40. The van der Waals surface area contributed by atoms with E-state index in [1.807, 2.05) is 12.1 Å². The van der Waals surface area contributed by atoms with Gasteiger partial charge in [0, 0.05) is 43.0 Å². The monoisotopic (exact) mass is 542 g/mol. The summed E-state index contributed by atoms with van der Waals surface area (Å²) in [5, 5.41) is 16.6. The Morgan fingerprint density at radius 1 is 1.13 bits per heavy atom. The van der Waals surface area contributed by atoms with Gasteiger partial charge in [0.2, 0.25) is 11.9 Å². The molecule has 2 aliphatic heterocycles. The van der Waals surface area contributed by atoms with Crippen LogP contribution in [0.3, 0.4) is 0 Å². The molecule has 1 unspecified atom stereocenters. The highest BCUT2D eigenvalue weighted by Crippen LogP contribution is 2.42. The van der Waals surface area contributed by atoms with Gasteiger partial charge in [-0.2, -0.15) is 4.98 Å². The van der Waals surface area contributed by atoms with Crippen LogP contribution in [0, 0.1) is 11.7 Å². The molecule has 0 spiro atoms. The molecule has 0 aliphatic carbocycles. The molecule has 202 valence electrons. The summed E-state index contributed by atoms with van der Waals surface area (Å²) < 4.78 is 19.8. The first-order valence-corrected chi connectivity index (χ1v) is 12.8. The highest BCUT2D eigenvalue weighted by molar-refractivity contribution is 6.31. The van der Waals surface area contributed by atoms with Crippen LogP contribution in [0.1, 0.15) is 25.8 Å². The number of rotatable bonds is 7. The molecule has 5 N–H and O–H groups in total. The van der Waals surface area contributed by atoms with Gasteiger partial charge in [0.25, 0.3) is 0 Å². The molecule has 0 saturated carbocycles. The number of methoxy groups -OCH3 is 1. The molecule has 1 aromatic heterocycles. The Kier molecular flexibility index (Phi) is 6.93. The van der Waals surface area contributed by atoms with Crippen molar-refractivity contribution in [3.05, 3.63) is 47.0 Å². The van der Waals surface area contributed by atoms with Gasteiger partial charge < -0.3 is 36.0 Å². The van der Waals surface area contributed by atoms with Crippen molar-refractivity contribution < 1.29 is 14.2 Å². The molecule has 12 heteroatoms. The van der Waals surface area contributed by atoms with Crippen LogP contribution in [0.5, 0.6) is 5.75 Å². The van der Waals surface area contributed by atoms with E-state index in [9.17, 15) is 9.50 Å². The lowest BCUT2D eigenvalue weighted by molar-refractivity contribution is 0.0790. The fourth-order valence-corrected chi connectivity index (χ4v) is 5.55. The summed E-state index contributed by atoms with van der Waals surface area (Å²) >= 11 is 5.99. The summed E-state index contributed by atoms with van der Waals surface area (Å²) in [5.74, 6) is 1.03. The molecule has 2 aliphatic rings. The number of fused-ring (bicyclic) bond motifs is 1. The number of aliphatic hydroxyl groups is 1. The van der Waals surface area contributed by atoms with Crippen LogP contribution in [-0.2, 0) is 5.60 Å². The predicted molar refractivity (Wildman–Crippen MR) is 147 cm³/mol. The summed E-state index contributed by atoms with van der Waals surface area (Å²) in [6.45, 7) is 6.19. The van der Waals surface area contributed by atoms with Crippen LogP contribution in [0.25, 0.3) is 0 Å². The second-order valence-corrected chi connectivity index (χ2v) is 10.8. The molecule has 2 atom stereocenters. The number of ether oxygens (including phenoxy) is 1. The lowest BCUT2D eigenvalue weighted by Gasteiger charge is -2.28. The number of halogens is 2. The van der Waals surface area contributed by atoms with Crippen molar-refractivity contribution >= 4 is 46.2 Å². The van der Waals surface area contributed by atoms with Crippen LogP contribution in [-0.4, -0.2) is 64.8 Å². The topological polar surface area (TPSA) is 125 Å². The van der Waals surface area contributed by atoms with Gasteiger partial charge in [-0.1, -0.05) is 11.6 Å². The zero-order chi connectivity index (χ0) is 27.2. The number of likely N-dealkylation sites (tertiary alicyclic amines) is 1. The number of nitrogens with two attached hydrogens (primary N) is 1. The number of hydrogen-bond acceptors (Lipinski definition) is 10. The van der Waals surface area contributed by atoms with Crippen molar-refractivity contribution in [2.24, 2.45) is 5.92 Å². The molecule has 2 fully saturated rings. The maximum Gasteiger partial charge on any atom is 0.232 e. The number of nitrogens with one attached hydrogen (secondary N) is 2. The quantitative estimate of drug-likeness (QED) is 0.324. The summed E-state index contributed by atoms with van der Waals surface area (Å²) in [4.78, 5) is 17.5. The third kappa shape index (κ3) is 5.13. The molecule has 3 aromatic rings. The summed E-state index contributed by atoms with van der Waals surface area (Å²) in [6.07, 6.45) is 2.48. The van der Waals surface area contributed by atoms with E-state index < -0.39 is 11.4 Å². The largest absolute Gasteiger partial charge is 0.494 e. The van der Waals surface area contributed by atoms with Crippen LogP contribution in [0.4, 0.5) is 39.0 Å². The van der Waals surface area contributed by atoms with Gasteiger partial charge in [0.1, 0.15) is 17.9 Å². The maximum atomic E-state index is 14.1. The van der Waals surface area contributed by atoms with Crippen molar-refractivity contribution in [3.8, 4) is 5.75 Å². The average molecular weight is 543 g/mol. The number of nitrogen functional groups attached to an aromatic ring is 1. The first-order chi connectivity index (χ1) is 18.0. The van der Waals surface area contributed by atoms with E-state index in [0.717, 1.165) is 31.7 Å². The Bertz CT molecular complexity index is 1350. The fourth-order valence-electron chi connectivity index (χ4n) is 5.39. The van der Waals surface area contributed by atoms with E-state index in [4.69, 9.17) is 22.1 Å². The lowest BCUT2D eigenvalue weighted by atomic mass is 9.96. The van der Waals surface area contributed by atoms with Gasteiger partial charge in [-0.25, -0.2) is 14.4 Å². The number of benzene rings is 2. The van der Waals surface area contributed by atoms with Gasteiger partial charge in [-0.15, -0.1) is 0 Å². The second kappa shape index (κ2) is 10.0. The Labute approximate surface area is 226 Å². The van der Waals surface area contributed by atoms with Gasteiger partial charge in [-0.05, 0) is 51.4 Å². The van der Waals surface area contributed by atoms with Crippen molar-refractivity contribution in [2.75, 3.05) is 55.1 Å². The first kappa shape index (κ1) is 26.2. The predicted octanol–water partition coefficient (Wildman–Crippen LogP) is 4.11. The number of likely N-dealkylation sites (N-methyl/N-ethyl adjacent to an activating group) is 1. The smallest absolute Gasteiger partial charge is 0.232 e. The molecule has 10 nitrogen and oxygen atoms in total. The number of aromatic nitrogens is 3. The van der Waals surface area contributed by atoms with E-state index in [1.54, 1.807) is 21.0 Å². The van der Waals surface area contributed by atoms with Gasteiger partial charge in [0.05, 0.1) is 34.8 Å².